The molecule has 21 heavy (non-hydrogen) atoms. The molecule has 2 aliphatic heterocycles. The lowest BCUT2D eigenvalue weighted by molar-refractivity contribution is -0.137. The fourth-order valence-electron chi connectivity index (χ4n) is 2.72. The van der Waals surface area contributed by atoms with Crippen molar-refractivity contribution in [1.82, 2.24) is 4.90 Å². The molecule has 5 heteroatoms. The number of carbonyl (C=O) groups is 2. The summed E-state index contributed by atoms with van der Waals surface area (Å²) in [6.07, 6.45) is 3.14. The first-order valence-electron chi connectivity index (χ1n) is 7.10. The zero-order chi connectivity index (χ0) is 14.8. The third kappa shape index (κ3) is 2.83. The smallest absolute Gasteiger partial charge is 0.261 e. The van der Waals surface area contributed by atoms with Gasteiger partial charge in [0.05, 0.1) is 5.57 Å². The van der Waals surface area contributed by atoms with Gasteiger partial charge in [0, 0.05) is 25.8 Å². The highest BCUT2D eigenvalue weighted by Crippen LogP contribution is 2.27. The van der Waals surface area contributed by atoms with Gasteiger partial charge in [-0.3, -0.25) is 14.5 Å². The number of imide groups is 1. The van der Waals surface area contributed by atoms with Crippen molar-refractivity contribution in [2.24, 2.45) is 5.92 Å². The van der Waals surface area contributed by atoms with Gasteiger partial charge >= 0.3 is 0 Å². The third-order valence-electron chi connectivity index (χ3n) is 3.97. The summed E-state index contributed by atoms with van der Waals surface area (Å²) in [6.45, 7) is 1.84. The van der Waals surface area contributed by atoms with Gasteiger partial charge in [0.15, 0.2) is 0 Å². The van der Waals surface area contributed by atoms with E-state index in [2.05, 4.69) is 0 Å². The van der Waals surface area contributed by atoms with E-state index in [4.69, 9.17) is 4.74 Å². The Morgan fingerprint density at radius 2 is 1.81 bits per heavy atom. The van der Waals surface area contributed by atoms with Crippen LogP contribution < -0.4 is 0 Å². The summed E-state index contributed by atoms with van der Waals surface area (Å²) in [5, 5.41) is 9.29. The zero-order valence-corrected chi connectivity index (χ0v) is 11.6. The number of phenols is 1. The van der Waals surface area contributed by atoms with Crippen molar-refractivity contribution < 1.29 is 19.4 Å². The minimum Gasteiger partial charge on any atom is -0.508 e. The molecule has 1 aromatic rings. The normalized spacial score (nSPS) is 20.0. The van der Waals surface area contributed by atoms with Gasteiger partial charge < -0.3 is 9.84 Å². The first-order chi connectivity index (χ1) is 10.1. The van der Waals surface area contributed by atoms with E-state index in [1.54, 1.807) is 12.1 Å². The predicted octanol–water partition coefficient (Wildman–Crippen LogP) is 1.57. The fourth-order valence-corrected chi connectivity index (χ4v) is 2.72. The van der Waals surface area contributed by atoms with Crippen molar-refractivity contribution in [2.75, 3.05) is 19.8 Å². The van der Waals surface area contributed by atoms with Gasteiger partial charge in [-0.1, -0.05) is 12.1 Å². The van der Waals surface area contributed by atoms with Crippen molar-refractivity contribution in [3.63, 3.8) is 0 Å². The maximum atomic E-state index is 12.4. The number of hydrogen-bond acceptors (Lipinski definition) is 4. The number of nitrogens with zero attached hydrogens (tertiary/aromatic N) is 1. The second-order valence-corrected chi connectivity index (χ2v) is 5.41. The molecule has 1 N–H and O–H groups in total. The van der Waals surface area contributed by atoms with E-state index in [1.807, 2.05) is 0 Å². The zero-order valence-electron chi connectivity index (χ0n) is 11.6. The van der Waals surface area contributed by atoms with Crippen LogP contribution in [0.5, 0.6) is 5.75 Å². The van der Waals surface area contributed by atoms with Gasteiger partial charge in [-0.05, 0) is 36.5 Å². The average Bonchev–Trinajstić information content (AvgIpc) is 2.77. The number of carbonyl (C=O) groups excluding carboxylic acids is 2. The summed E-state index contributed by atoms with van der Waals surface area (Å²) in [5.74, 6) is -0.0545. The molecule has 3 rings (SSSR count). The molecule has 0 aromatic heterocycles. The molecule has 0 bridgehead atoms. The number of hydrogen-bond donors (Lipinski definition) is 1. The van der Waals surface area contributed by atoms with E-state index in [-0.39, 0.29) is 17.6 Å². The topological polar surface area (TPSA) is 66.8 Å². The van der Waals surface area contributed by atoms with Crippen molar-refractivity contribution in [3.05, 3.63) is 35.9 Å². The standard InChI is InChI=1S/C16H17NO4/c18-13-3-1-12(2-4-13)14-9-15(19)17(16(14)20)10-11-5-7-21-8-6-11/h1-4,9,11,18H,5-8,10H2. The number of ether oxygens (including phenoxy) is 1. The van der Waals surface area contributed by atoms with Crippen molar-refractivity contribution in [3.8, 4) is 5.75 Å². The van der Waals surface area contributed by atoms with Crippen LogP contribution >= 0.6 is 0 Å². The molecular formula is C16H17NO4. The van der Waals surface area contributed by atoms with Gasteiger partial charge in [0.1, 0.15) is 5.75 Å². The highest BCUT2D eigenvalue weighted by atomic mass is 16.5. The van der Waals surface area contributed by atoms with Gasteiger partial charge in [0.2, 0.25) is 0 Å². The van der Waals surface area contributed by atoms with E-state index in [1.165, 1.54) is 23.1 Å². The van der Waals surface area contributed by atoms with E-state index in [0.29, 0.717) is 36.8 Å². The third-order valence-corrected chi connectivity index (χ3v) is 3.97. The Morgan fingerprint density at radius 3 is 2.48 bits per heavy atom. The fraction of sp³-hybridized carbons (Fsp3) is 0.375. The Kier molecular flexibility index (Phi) is 3.75. The lowest BCUT2D eigenvalue weighted by Crippen LogP contribution is -2.37. The molecular weight excluding hydrogens is 270 g/mol. The predicted molar refractivity (Wildman–Crippen MR) is 76.3 cm³/mol. The van der Waals surface area contributed by atoms with Crippen LogP contribution in [0.2, 0.25) is 0 Å². The molecule has 0 radical (unpaired) electrons. The number of benzene rings is 1. The molecule has 0 aliphatic carbocycles. The van der Waals surface area contributed by atoms with Crippen LogP contribution in [0.25, 0.3) is 5.57 Å². The summed E-state index contributed by atoms with van der Waals surface area (Å²) in [6, 6.07) is 6.30. The molecule has 5 nitrogen and oxygen atoms in total. The quantitative estimate of drug-likeness (QED) is 0.857. The molecule has 2 amide bonds. The van der Waals surface area contributed by atoms with Crippen LogP contribution in [0.3, 0.4) is 0 Å². The second kappa shape index (κ2) is 5.69. The first-order valence-corrected chi connectivity index (χ1v) is 7.10. The Balaban J connectivity index is 1.74. The lowest BCUT2D eigenvalue weighted by Gasteiger charge is -2.26. The highest BCUT2D eigenvalue weighted by Gasteiger charge is 2.33. The summed E-state index contributed by atoms with van der Waals surface area (Å²) < 4.78 is 5.29. The summed E-state index contributed by atoms with van der Waals surface area (Å²) >= 11 is 0. The molecule has 0 saturated carbocycles. The molecule has 2 heterocycles. The van der Waals surface area contributed by atoms with E-state index < -0.39 is 0 Å². The van der Waals surface area contributed by atoms with Gasteiger partial charge in [-0.25, -0.2) is 0 Å². The molecule has 1 aromatic carbocycles. The number of aromatic hydroxyl groups is 1. The number of phenolic OH excluding ortho intramolecular Hbond substituents is 1. The SMILES string of the molecule is O=C1C=C(c2ccc(O)cc2)C(=O)N1CC1CCOCC1. The van der Waals surface area contributed by atoms with Gasteiger partial charge in [-0.15, -0.1) is 0 Å². The summed E-state index contributed by atoms with van der Waals surface area (Å²) in [4.78, 5) is 25.8. The van der Waals surface area contributed by atoms with E-state index in [9.17, 15) is 14.7 Å². The Bertz CT molecular complexity index is 585. The van der Waals surface area contributed by atoms with Crippen molar-refractivity contribution >= 4 is 17.4 Å². The molecule has 2 aliphatic rings. The van der Waals surface area contributed by atoms with Crippen molar-refractivity contribution in [2.45, 2.75) is 12.8 Å². The van der Waals surface area contributed by atoms with Crippen LogP contribution in [0, 0.1) is 5.92 Å². The van der Waals surface area contributed by atoms with Crippen molar-refractivity contribution in [1.29, 1.82) is 0 Å². The van der Waals surface area contributed by atoms with Gasteiger partial charge in [0.25, 0.3) is 11.8 Å². The number of amides is 2. The Hall–Kier alpha value is -2.14. The minimum absolute atomic E-state index is 0.134. The minimum atomic E-state index is -0.255. The highest BCUT2D eigenvalue weighted by molar-refractivity contribution is 6.33. The summed E-state index contributed by atoms with van der Waals surface area (Å²) in [5.41, 5.74) is 1.05. The average molecular weight is 287 g/mol. The van der Waals surface area contributed by atoms with E-state index >= 15 is 0 Å². The maximum absolute atomic E-state index is 12.4. The van der Waals surface area contributed by atoms with Gasteiger partial charge in [-0.2, -0.15) is 0 Å². The molecule has 0 spiro atoms. The molecule has 1 fully saturated rings. The lowest BCUT2D eigenvalue weighted by atomic mass is 9.99. The largest absolute Gasteiger partial charge is 0.508 e. The first kappa shape index (κ1) is 13.8. The van der Waals surface area contributed by atoms with Crippen LogP contribution in [0.1, 0.15) is 18.4 Å². The molecule has 1 saturated heterocycles. The van der Waals surface area contributed by atoms with E-state index in [0.717, 1.165) is 12.8 Å². The molecule has 110 valence electrons. The molecule has 0 atom stereocenters. The molecule has 0 unspecified atom stereocenters. The van der Waals surface area contributed by atoms with Crippen LogP contribution in [0.15, 0.2) is 30.3 Å². The number of rotatable bonds is 3. The Morgan fingerprint density at radius 1 is 1.14 bits per heavy atom. The Labute approximate surface area is 122 Å². The second-order valence-electron chi connectivity index (χ2n) is 5.41. The summed E-state index contributed by atoms with van der Waals surface area (Å²) in [7, 11) is 0. The van der Waals surface area contributed by atoms with Crippen LogP contribution in [-0.2, 0) is 14.3 Å². The van der Waals surface area contributed by atoms with Crippen LogP contribution in [0.4, 0.5) is 0 Å². The maximum Gasteiger partial charge on any atom is 0.261 e. The monoisotopic (exact) mass is 287 g/mol. The van der Waals surface area contributed by atoms with Crippen LogP contribution in [-0.4, -0.2) is 41.6 Å².